The highest BCUT2D eigenvalue weighted by Crippen LogP contribution is 2.34. The van der Waals surface area contributed by atoms with Crippen LogP contribution in [0.15, 0.2) is 0 Å². The molecule has 1 amide bonds. The van der Waals surface area contributed by atoms with Crippen LogP contribution in [-0.4, -0.2) is 40.0 Å². The number of carbonyl (C=O) groups is 2. The monoisotopic (exact) mass is 296 g/mol. The number of hydrogen-bond donors (Lipinski definition) is 1. The fourth-order valence-corrected chi connectivity index (χ4v) is 3.68. The minimum Gasteiger partial charge on any atom is -0.481 e. The number of carbonyl (C=O) groups excluding carboxylic acids is 1. The zero-order valence-corrected chi connectivity index (χ0v) is 12.9. The molecule has 0 aromatic carbocycles. The first-order valence-corrected chi connectivity index (χ1v) is 7.68. The second-order valence-corrected chi connectivity index (χ2v) is 6.62. The Bertz CT molecular complexity index is 541. The summed E-state index contributed by atoms with van der Waals surface area (Å²) in [5, 5.41) is 10.3. The summed E-state index contributed by atoms with van der Waals surface area (Å²) in [7, 11) is 0. The summed E-state index contributed by atoms with van der Waals surface area (Å²) < 4.78 is 0. The zero-order chi connectivity index (χ0) is 14.9. The molecule has 1 N–H and O–H groups in total. The molecule has 1 unspecified atom stereocenters. The molecule has 5 nitrogen and oxygen atoms in total. The molecule has 1 saturated heterocycles. The summed E-state index contributed by atoms with van der Waals surface area (Å²) >= 11 is 1.38. The third-order valence-corrected chi connectivity index (χ3v) is 5.15. The van der Waals surface area contributed by atoms with Crippen LogP contribution in [0.1, 0.15) is 46.6 Å². The van der Waals surface area contributed by atoms with Crippen LogP contribution < -0.4 is 0 Å². The first-order chi connectivity index (χ1) is 9.39. The van der Waals surface area contributed by atoms with Gasteiger partial charge in [0.1, 0.15) is 4.88 Å². The number of hydrogen-bond acceptors (Lipinski definition) is 4. The van der Waals surface area contributed by atoms with Crippen molar-refractivity contribution in [1.82, 2.24) is 9.88 Å². The smallest absolute Gasteiger partial charge is 0.311 e. The molecule has 0 radical (unpaired) electrons. The van der Waals surface area contributed by atoms with Crippen LogP contribution in [0.4, 0.5) is 0 Å². The van der Waals surface area contributed by atoms with Gasteiger partial charge < -0.3 is 10.0 Å². The van der Waals surface area contributed by atoms with Gasteiger partial charge in [-0.1, -0.05) is 6.92 Å². The van der Waals surface area contributed by atoms with Crippen LogP contribution in [0.2, 0.25) is 0 Å². The number of nitrogens with zero attached hydrogens (tertiary/aromatic N) is 2. The van der Waals surface area contributed by atoms with Crippen molar-refractivity contribution in [3.63, 3.8) is 0 Å². The van der Waals surface area contributed by atoms with Crippen molar-refractivity contribution in [3.8, 4) is 0 Å². The fraction of sp³-hybridized carbons (Fsp3) is 0.643. The highest BCUT2D eigenvalue weighted by atomic mass is 32.1. The molecule has 1 aromatic heterocycles. The average Bonchev–Trinajstić information content (AvgIpc) is 2.76. The summed E-state index contributed by atoms with van der Waals surface area (Å²) in [6.45, 7) is 6.51. The first kappa shape index (κ1) is 15.0. The van der Waals surface area contributed by atoms with Crippen LogP contribution >= 0.6 is 11.3 Å². The van der Waals surface area contributed by atoms with Crippen molar-refractivity contribution in [2.45, 2.75) is 40.0 Å². The van der Waals surface area contributed by atoms with Crippen LogP contribution in [-0.2, 0) is 4.79 Å². The van der Waals surface area contributed by atoms with Gasteiger partial charge in [0, 0.05) is 13.1 Å². The van der Waals surface area contributed by atoms with Crippen molar-refractivity contribution in [2.75, 3.05) is 13.1 Å². The van der Waals surface area contributed by atoms with E-state index in [4.69, 9.17) is 0 Å². The molecule has 1 aliphatic heterocycles. The normalized spacial score (nSPS) is 22.9. The SMILES string of the molecule is CCC1(C(=O)O)CCCN(C(=O)c2sc(C)nc2C)C1. The van der Waals surface area contributed by atoms with Crippen molar-refractivity contribution in [1.29, 1.82) is 0 Å². The van der Waals surface area contributed by atoms with Crippen LogP contribution in [0.25, 0.3) is 0 Å². The summed E-state index contributed by atoms with van der Waals surface area (Å²) in [5.74, 6) is -0.874. The van der Waals surface area contributed by atoms with Crippen molar-refractivity contribution in [2.24, 2.45) is 5.41 Å². The van der Waals surface area contributed by atoms with Crippen LogP contribution in [0.3, 0.4) is 0 Å². The predicted octanol–water partition coefficient (Wildman–Crippen LogP) is 2.48. The maximum absolute atomic E-state index is 12.6. The number of carboxylic acid groups (broad SMARTS) is 1. The average molecular weight is 296 g/mol. The van der Waals surface area contributed by atoms with Gasteiger partial charge in [-0.2, -0.15) is 0 Å². The van der Waals surface area contributed by atoms with Gasteiger partial charge >= 0.3 is 5.97 Å². The third kappa shape index (κ3) is 2.57. The molecule has 1 fully saturated rings. The first-order valence-electron chi connectivity index (χ1n) is 6.86. The molecular formula is C14H20N2O3S. The van der Waals surface area contributed by atoms with E-state index in [1.807, 2.05) is 20.8 Å². The molecule has 0 bridgehead atoms. The number of aryl methyl sites for hydroxylation is 2. The van der Waals surface area contributed by atoms with E-state index < -0.39 is 11.4 Å². The summed E-state index contributed by atoms with van der Waals surface area (Å²) in [4.78, 5) is 30.7. The second kappa shape index (κ2) is 5.52. The molecule has 0 saturated carbocycles. The maximum Gasteiger partial charge on any atom is 0.311 e. The van der Waals surface area contributed by atoms with E-state index in [1.54, 1.807) is 4.90 Å². The highest BCUT2D eigenvalue weighted by Gasteiger charge is 2.42. The third-order valence-electron chi connectivity index (χ3n) is 4.09. The number of aliphatic carboxylic acids is 1. The lowest BCUT2D eigenvalue weighted by molar-refractivity contribution is -0.152. The van der Waals surface area contributed by atoms with E-state index in [0.717, 1.165) is 17.1 Å². The summed E-state index contributed by atoms with van der Waals surface area (Å²) in [6.07, 6.45) is 1.93. The van der Waals surface area contributed by atoms with Gasteiger partial charge in [-0.3, -0.25) is 9.59 Å². The molecule has 0 aliphatic carbocycles. The van der Waals surface area contributed by atoms with Crippen molar-refractivity contribution < 1.29 is 14.7 Å². The molecule has 2 rings (SSSR count). The number of thiazole rings is 1. The van der Waals surface area contributed by atoms with Gasteiger partial charge in [0.05, 0.1) is 16.1 Å². The van der Waals surface area contributed by atoms with Crippen molar-refractivity contribution >= 4 is 23.2 Å². The van der Waals surface area contributed by atoms with E-state index in [0.29, 0.717) is 30.8 Å². The molecule has 110 valence electrons. The van der Waals surface area contributed by atoms with E-state index in [9.17, 15) is 14.7 Å². The molecular weight excluding hydrogens is 276 g/mol. The molecule has 0 spiro atoms. The Kier molecular flexibility index (Phi) is 4.13. The Morgan fingerprint density at radius 1 is 1.45 bits per heavy atom. The Morgan fingerprint density at radius 3 is 2.65 bits per heavy atom. The second-order valence-electron chi connectivity index (χ2n) is 5.42. The lowest BCUT2D eigenvalue weighted by atomic mass is 9.77. The minimum atomic E-state index is -0.797. The topological polar surface area (TPSA) is 70.5 Å². The Balaban J connectivity index is 2.23. The van der Waals surface area contributed by atoms with E-state index in [1.165, 1.54) is 11.3 Å². The van der Waals surface area contributed by atoms with E-state index >= 15 is 0 Å². The Hall–Kier alpha value is -1.43. The number of rotatable bonds is 3. The van der Waals surface area contributed by atoms with Crippen LogP contribution in [0.5, 0.6) is 0 Å². The molecule has 2 heterocycles. The molecule has 1 aromatic rings. The molecule has 1 aliphatic rings. The Labute approximate surface area is 122 Å². The van der Waals surface area contributed by atoms with E-state index in [2.05, 4.69) is 4.98 Å². The molecule has 1 atom stereocenters. The predicted molar refractivity (Wildman–Crippen MR) is 77.1 cm³/mol. The number of amides is 1. The van der Waals surface area contributed by atoms with Gasteiger partial charge in [0.2, 0.25) is 0 Å². The standard InChI is InChI=1S/C14H20N2O3S/c1-4-14(13(18)19)6-5-7-16(8-14)12(17)11-9(2)15-10(3)20-11/h4-8H2,1-3H3,(H,18,19). The fourth-order valence-electron chi connectivity index (χ4n) is 2.79. The largest absolute Gasteiger partial charge is 0.481 e. The lowest BCUT2D eigenvalue weighted by Gasteiger charge is -2.39. The van der Waals surface area contributed by atoms with Gasteiger partial charge in [0.15, 0.2) is 0 Å². The van der Waals surface area contributed by atoms with E-state index in [-0.39, 0.29) is 5.91 Å². The van der Waals surface area contributed by atoms with Gasteiger partial charge in [-0.15, -0.1) is 11.3 Å². The zero-order valence-electron chi connectivity index (χ0n) is 12.1. The van der Waals surface area contributed by atoms with Gasteiger partial charge in [-0.25, -0.2) is 4.98 Å². The number of likely N-dealkylation sites (tertiary alicyclic amines) is 1. The number of carboxylic acids is 1. The van der Waals surface area contributed by atoms with Gasteiger partial charge in [0.25, 0.3) is 5.91 Å². The maximum atomic E-state index is 12.6. The highest BCUT2D eigenvalue weighted by molar-refractivity contribution is 7.13. The van der Waals surface area contributed by atoms with Crippen LogP contribution in [0, 0.1) is 19.3 Å². The molecule has 20 heavy (non-hydrogen) atoms. The number of aromatic nitrogens is 1. The van der Waals surface area contributed by atoms with Crippen molar-refractivity contribution in [3.05, 3.63) is 15.6 Å². The summed E-state index contributed by atoms with van der Waals surface area (Å²) in [5.41, 5.74) is -0.0536. The quantitative estimate of drug-likeness (QED) is 0.930. The number of piperidine rings is 1. The molecule has 6 heteroatoms. The minimum absolute atomic E-state index is 0.0770. The Morgan fingerprint density at radius 2 is 2.15 bits per heavy atom. The lowest BCUT2D eigenvalue weighted by Crippen LogP contribution is -2.49. The van der Waals surface area contributed by atoms with Gasteiger partial charge in [-0.05, 0) is 33.1 Å². The summed E-state index contributed by atoms with van der Waals surface area (Å²) in [6, 6.07) is 0.